The second-order valence-electron chi connectivity index (χ2n) is 4.49. The maximum Gasteiger partial charge on any atom is 0.331 e. The van der Waals surface area contributed by atoms with Crippen molar-refractivity contribution in [3.8, 4) is 5.88 Å². The summed E-state index contributed by atoms with van der Waals surface area (Å²) in [7, 11) is 0. The maximum absolute atomic E-state index is 11.6. The van der Waals surface area contributed by atoms with E-state index in [1.54, 1.807) is 19.9 Å². The lowest BCUT2D eigenvalue weighted by molar-refractivity contribution is 0.127. The maximum atomic E-state index is 11.6. The van der Waals surface area contributed by atoms with E-state index in [0.717, 1.165) is 11.0 Å². The second-order valence-corrected chi connectivity index (χ2v) is 4.49. The van der Waals surface area contributed by atoms with Crippen molar-refractivity contribution in [3.63, 3.8) is 0 Å². The zero-order valence-corrected chi connectivity index (χ0v) is 11.3. The molecule has 0 unspecified atom stereocenters. The number of aromatic amines is 1. The number of rotatable bonds is 7. The predicted octanol–water partition coefficient (Wildman–Crippen LogP) is 0.958. The molecule has 0 bridgehead atoms. The summed E-state index contributed by atoms with van der Waals surface area (Å²) in [4.78, 5) is 25.4. The number of aromatic nitrogens is 2. The molecule has 0 aromatic carbocycles. The van der Waals surface area contributed by atoms with Gasteiger partial charge in [0.25, 0.3) is 5.56 Å². The first-order valence-electron chi connectivity index (χ1n) is 6.23. The molecule has 0 saturated carbocycles. The summed E-state index contributed by atoms with van der Waals surface area (Å²) in [6.07, 6.45) is 2.46. The summed E-state index contributed by atoms with van der Waals surface area (Å²) in [5.74, 6) is -0.451. The number of aromatic hydroxyl groups is 1. The molecule has 1 aromatic rings. The van der Waals surface area contributed by atoms with Crippen LogP contribution in [-0.4, -0.2) is 27.9 Å². The molecule has 1 aromatic heterocycles. The largest absolute Gasteiger partial charge is 0.494 e. The third-order valence-corrected chi connectivity index (χ3v) is 2.71. The first-order valence-corrected chi connectivity index (χ1v) is 6.23. The Morgan fingerprint density at radius 1 is 1.42 bits per heavy atom. The predicted molar refractivity (Wildman–Crippen MR) is 72.7 cm³/mol. The van der Waals surface area contributed by atoms with Gasteiger partial charge in [-0.25, -0.2) is 4.79 Å². The highest BCUT2D eigenvalue weighted by molar-refractivity contribution is 5.25. The van der Waals surface area contributed by atoms with E-state index in [9.17, 15) is 14.7 Å². The van der Waals surface area contributed by atoms with Gasteiger partial charge in [-0.1, -0.05) is 19.9 Å². The van der Waals surface area contributed by atoms with E-state index in [2.05, 4.69) is 11.6 Å². The number of nitrogens with zero attached hydrogens (tertiary/aromatic N) is 1. The Balaban J connectivity index is 2.89. The lowest BCUT2D eigenvalue weighted by Gasteiger charge is -2.13. The van der Waals surface area contributed by atoms with Crippen molar-refractivity contribution in [2.45, 2.75) is 32.7 Å². The first-order chi connectivity index (χ1) is 8.99. The molecule has 0 atom stereocenters. The molecule has 0 spiro atoms. The fraction of sp³-hybridized carbons (Fsp3) is 0.538. The summed E-state index contributed by atoms with van der Waals surface area (Å²) in [5, 5.41) is 9.99. The molecular weight excluding hydrogens is 248 g/mol. The van der Waals surface area contributed by atoms with Crippen LogP contribution >= 0.6 is 0 Å². The van der Waals surface area contributed by atoms with Gasteiger partial charge in [0.05, 0.1) is 25.3 Å². The van der Waals surface area contributed by atoms with Crippen molar-refractivity contribution in [1.82, 2.24) is 9.55 Å². The lowest BCUT2D eigenvalue weighted by Crippen LogP contribution is -2.33. The highest BCUT2D eigenvalue weighted by Gasteiger charge is 2.16. The molecule has 106 valence electrons. The Morgan fingerprint density at radius 3 is 2.68 bits per heavy atom. The Bertz CT molecular complexity index is 543. The number of H-pyrrole nitrogens is 1. The molecule has 19 heavy (non-hydrogen) atoms. The SMILES string of the molecule is C=CCCOCCn1c(O)c(C(C)C)c(=O)[nH]c1=O. The highest BCUT2D eigenvalue weighted by Crippen LogP contribution is 2.19. The lowest BCUT2D eigenvalue weighted by atomic mass is 10.1. The molecule has 2 N–H and O–H groups in total. The van der Waals surface area contributed by atoms with Crippen molar-refractivity contribution >= 4 is 0 Å². The Labute approximate surface area is 111 Å². The molecule has 6 nitrogen and oxygen atoms in total. The van der Waals surface area contributed by atoms with Gasteiger partial charge in [0.15, 0.2) is 0 Å². The number of ether oxygens (including phenoxy) is 1. The summed E-state index contributed by atoms with van der Waals surface area (Å²) >= 11 is 0. The third-order valence-electron chi connectivity index (χ3n) is 2.71. The van der Waals surface area contributed by atoms with Gasteiger partial charge in [-0.15, -0.1) is 6.58 Å². The van der Waals surface area contributed by atoms with Gasteiger partial charge in [-0.05, 0) is 12.3 Å². The molecule has 0 radical (unpaired) electrons. The van der Waals surface area contributed by atoms with Gasteiger partial charge in [-0.2, -0.15) is 0 Å². The molecule has 1 rings (SSSR count). The quantitative estimate of drug-likeness (QED) is 0.570. The molecule has 0 aliphatic rings. The van der Waals surface area contributed by atoms with Crippen LogP contribution < -0.4 is 11.2 Å². The van der Waals surface area contributed by atoms with Crippen molar-refractivity contribution in [3.05, 3.63) is 39.1 Å². The first kappa shape index (κ1) is 15.2. The van der Waals surface area contributed by atoms with Crippen LogP contribution in [0.15, 0.2) is 22.2 Å². The van der Waals surface area contributed by atoms with Crippen LogP contribution in [0.5, 0.6) is 5.88 Å². The van der Waals surface area contributed by atoms with Gasteiger partial charge in [-0.3, -0.25) is 14.3 Å². The van der Waals surface area contributed by atoms with E-state index in [1.165, 1.54) is 0 Å². The van der Waals surface area contributed by atoms with Crippen molar-refractivity contribution < 1.29 is 9.84 Å². The van der Waals surface area contributed by atoms with Crippen LogP contribution in [0.1, 0.15) is 31.7 Å². The molecule has 0 amide bonds. The Kier molecular flexibility index (Phi) is 5.57. The van der Waals surface area contributed by atoms with E-state index in [0.29, 0.717) is 6.61 Å². The number of hydrogen-bond donors (Lipinski definition) is 2. The molecule has 0 fully saturated rings. The summed E-state index contributed by atoms with van der Waals surface area (Å²) in [5.41, 5.74) is -0.953. The van der Waals surface area contributed by atoms with Gasteiger partial charge in [0.1, 0.15) is 0 Å². The minimum absolute atomic E-state index is 0.169. The van der Waals surface area contributed by atoms with E-state index in [1.807, 2.05) is 0 Å². The number of nitrogens with one attached hydrogen (secondary N) is 1. The minimum Gasteiger partial charge on any atom is -0.494 e. The van der Waals surface area contributed by atoms with Gasteiger partial charge < -0.3 is 9.84 Å². The van der Waals surface area contributed by atoms with E-state index >= 15 is 0 Å². The summed E-state index contributed by atoms with van der Waals surface area (Å²) in [6, 6.07) is 0. The van der Waals surface area contributed by atoms with Crippen LogP contribution in [-0.2, 0) is 11.3 Å². The van der Waals surface area contributed by atoms with Gasteiger partial charge in [0.2, 0.25) is 5.88 Å². The van der Waals surface area contributed by atoms with Gasteiger partial charge in [0, 0.05) is 0 Å². The highest BCUT2D eigenvalue weighted by atomic mass is 16.5. The fourth-order valence-corrected chi connectivity index (χ4v) is 1.73. The second kappa shape index (κ2) is 6.94. The van der Waals surface area contributed by atoms with Crippen LogP contribution in [0.4, 0.5) is 0 Å². The zero-order valence-electron chi connectivity index (χ0n) is 11.3. The average molecular weight is 268 g/mol. The summed E-state index contributed by atoms with van der Waals surface area (Å²) < 4.78 is 6.40. The smallest absolute Gasteiger partial charge is 0.331 e. The molecule has 0 saturated heterocycles. The van der Waals surface area contributed by atoms with Crippen LogP contribution in [0, 0.1) is 0 Å². The monoisotopic (exact) mass is 268 g/mol. The van der Waals surface area contributed by atoms with E-state index in [4.69, 9.17) is 4.74 Å². The number of hydrogen-bond acceptors (Lipinski definition) is 4. The normalized spacial score (nSPS) is 10.9. The molecule has 1 heterocycles. The van der Waals surface area contributed by atoms with Crippen molar-refractivity contribution in [1.29, 1.82) is 0 Å². The van der Waals surface area contributed by atoms with Crippen molar-refractivity contribution in [2.24, 2.45) is 0 Å². The van der Waals surface area contributed by atoms with Crippen LogP contribution in [0.25, 0.3) is 0 Å². The van der Waals surface area contributed by atoms with E-state index < -0.39 is 11.2 Å². The zero-order chi connectivity index (χ0) is 14.4. The van der Waals surface area contributed by atoms with Gasteiger partial charge >= 0.3 is 5.69 Å². The Morgan fingerprint density at radius 2 is 2.11 bits per heavy atom. The third kappa shape index (κ3) is 3.82. The molecule has 0 aliphatic heterocycles. The fourth-order valence-electron chi connectivity index (χ4n) is 1.73. The van der Waals surface area contributed by atoms with Crippen LogP contribution in [0.3, 0.4) is 0 Å². The van der Waals surface area contributed by atoms with Crippen LogP contribution in [0.2, 0.25) is 0 Å². The molecular formula is C13H20N2O4. The Hall–Kier alpha value is -1.82. The minimum atomic E-state index is -0.626. The topological polar surface area (TPSA) is 84.3 Å². The molecule has 0 aliphatic carbocycles. The van der Waals surface area contributed by atoms with Crippen molar-refractivity contribution in [2.75, 3.05) is 13.2 Å². The molecule has 6 heteroatoms. The van der Waals surface area contributed by atoms with E-state index in [-0.39, 0.29) is 30.5 Å². The standard InChI is InChI=1S/C13H20N2O4/c1-4-5-7-19-8-6-15-12(17)10(9(2)3)11(16)14-13(15)18/h4,9,17H,1,5-8H2,2-3H3,(H,14,16,18). The summed E-state index contributed by atoms with van der Waals surface area (Å²) in [6.45, 7) is 8.11. The average Bonchev–Trinajstić information content (AvgIpc) is 2.31.